The minimum Gasteiger partial charge on any atom is -0.465 e. The van der Waals surface area contributed by atoms with Gasteiger partial charge in [0, 0.05) is 30.6 Å². The summed E-state index contributed by atoms with van der Waals surface area (Å²) in [5.74, 6) is -0.177. The fraction of sp³-hybridized carbons (Fsp3) is 0.176. The first-order valence-corrected chi connectivity index (χ1v) is 10.5. The van der Waals surface area contributed by atoms with E-state index in [0.29, 0.717) is 21.4 Å². The molecule has 0 atom stereocenters. The Labute approximate surface area is 189 Å². The predicted octanol–water partition coefficient (Wildman–Crippen LogP) is 6.45. The number of alkyl halides is 3. The smallest absolute Gasteiger partial charge is 0.447 e. The second-order valence-corrected chi connectivity index (χ2v) is 8.77. The lowest BCUT2D eigenvalue weighted by Gasteiger charge is -2.09. The van der Waals surface area contributed by atoms with E-state index in [1.807, 2.05) is 0 Å². The molecule has 0 aliphatic heterocycles. The van der Waals surface area contributed by atoms with Crippen LogP contribution < -0.4 is 0 Å². The second kappa shape index (κ2) is 8.37. The van der Waals surface area contributed by atoms with E-state index in [2.05, 4.69) is 37.0 Å². The van der Waals surface area contributed by atoms with E-state index in [0.717, 1.165) is 0 Å². The summed E-state index contributed by atoms with van der Waals surface area (Å²) in [5.41, 5.74) is -2.95. The molecule has 0 saturated heterocycles. The summed E-state index contributed by atoms with van der Waals surface area (Å²) in [4.78, 5) is 11.9. The highest BCUT2D eigenvalue weighted by Crippen LogP contribution is 2.46. The predicted molar refractivity (Wildman–Crippen MR) is 112 cm³/mol. The topological polar surface area (TPSA) is 49.0 Å². The number of nitrogens with zero attached hydrogens (tertiary/aromatic N) is 3. The van der Waals surface area contributed by atoms with Gasteiger partial charge < -0.3 is 9.30 Å². The van der Waals surface area contributed by atoms with Crippen LogP contribution in [0.4, 0.5) is 13.2 Å². The Hall–Kier alpha value is -1.43. The van der Waals surface area contributed by atoms with Gasteiger partial charge in [-0.3, -0.25) is 0 Å². The van der Waals surface area contributed by atoms with Crippen molar-refractivity contribution in [3.63, 3.8) is 0 Å². The molecule has 0 aliphatic carbocycles. The molecule has 2 heterocycles. The summed E-state index contributed by atoms with van der Waals surface area (Å²) in [6, 6.07) is 4.83. The summed E-state index contributed by atoms with van der Waals surface area (Å²) < 4.78 is 46.9. The fourth-order valence-corrected chi connectivity index (χ4v) is 4.90. The van der Waals surface area contributed by atoms with Gasteiger partial charge in [0.05, 0.1) is 32.8 Å². The molecule has 0 radical (unpaired) electrons. The Morgan fingerprint density at radius 1 is 1.24 bits per heavy atom. The number of carbonyl (C=O) groups excluding carboxylic acids is 1. The average Bonchev–Trinajstić information content (AvgIpc) is 3.20. The van der Waals surface area contributed by atoms with Crippen molar-refractivity contribution in [1.82, 2.24) is 14.3 Å². The molecular formula is C17H11Br2ClF3N3O2S. The van der Waals surface area contributed by atoms with E-state index >= 15 is 0 Å². The highest BCUT2D eigenvalue weighted by Gasteiger charge is 2.34. The maximum Gasteiger partial charge on any atom is 0.447 e. The normalized spacial score (nSPS) is 11.7. The molecule has 2 aromatic heterocycles. The molecule has 0 amide bonds. The van der Waals surface area contributed by atoms with Crippen LogP contribution in [0, 0.1) is 0 Å². The van der Waals surface area contributed by atoms with E-state index in [-0.39, 0.29) is 31.8 Å². The number of hydrogen-bond acceptors (Lipinski definition) is 4. The SMILES string of the molecule is COC(=O)c1cc(-c2cnn(-c3c(Br)c(Br)c(SC(F)(F)F)n3C)c2)ccc1Cl. The number of thioether (sulfide) groups is 1. The fourth-order valence-electron chi connectivity index (χ4n) is 2.62. The van der Waals surface area contributed by atoms with E-state index in [1.165, 1.54) is 29.6 Å². The van der Waals surface area contributed by atoms with Gasteiger partial charge >= 0.3 is 11.5 Å². The van der Waals surface area contributed by atoms with Crippen LogP contribution in [-0.2, 0) is 11.8 Å². The lowest BCUT2D eigenvalue weighted by atomic mass is 10.1. The standard InChI is InChI=1S/C17H11Br2ClF3N3O2S/c1-25-14(12(18)13(19)15(25)29-17(21,22)23)26-7-9(6-24-26)8-3-4-11(20)10(5-8)16(27)28-2/h3-7H,1-2H3. The first-order chi connectivity index (χ1) is 13.5. The number of aromatic nitrogens is 3. The largest absolute Gasteiger partial charge is 0.465 e. The van der Waals surface area contributed by atoms with Gasteiger partial charge in [-0.1, -0.05) is 17.7 Å². The summed E-state index contributed by atoms with van der Waals surface area (Å²) in [7, 11) is 2.77. The lowest BCUT2D eigenvalue weighted by molar-refractivity contribution is -0.0330. The van der Waals surface area contributed by atoms with Crippen LogP contribution in [-0.4, -0.2) is 32.9 Å². The van der Waals surface area contributed by atoms with Gasteiger partial charge in [-0.15, -0.1) is 0 Å². The molecule has 12 heteroatoms. The van der Waals surface area contributed by atoms with Gasteiger partial charge in [-0.2, -0.15) is 18.3 Å². The third-order valence-corrected chi connectivity index (χ3v) is 7.47. The van der Waals surface area contributed by atoms with Crippen molar-refractivity contribution in [2.75, 3.05) is 7.11 Å². The number of carbonyl (C=O) groups is 1. The van der Waals surface area contributed by atoms with E-state index < -0.39 is 11.5 Å². The van der Waals surface area contributed by atoms with Gasteiger partial charge in [0.2, 0.25) is 0 Å². The lowest BCUT2D eigenvalue weighted by Crippen LogP contribution is -2.06. The highest BCUT2D eigenvalue weighted by atomic mass is 79.9. The summed E-state index contributed by atoms with van der Waals surface area (Å²) in [6.45, 7) is 0. The Balaban J connectivity index is 2.04. The number of benzene rings is 1. The molecule has 0 bridgehead atoms. The van der Waals surface area contributed by atoms with E-state index in [4.69, 9.17) is 16.3 Å². The van der Waals surface area contributed by atoms with Crippen LogP contribution in [0.2, 0.25) is 5.02 Å². The van der Waals surface area contributed by atoms with Crippen LogP contribution in [0.1, 0.15) is 10.4 Å². The van der Waals surface area contributed by atoms with Gasteiger partial charge in [0.1, 0.15) is 10.8 Å². The third kappa shape index (κ3) is 4.52. The number of ether oxygens (including phenoxy) is 1. The van der Waals surface area contributed by atoms with Crippen molar-refractivity contribution in [1.29, 1.82) is 0 Å². The first-order valence-electron chi connectivity index (χ1n) is 7.76. The van der Waals surface area contributed by atoms with Gasteiger partial charge in [0.15, 0.2) is 0 Å². The van der Waals surface area contributed by atoms with Gasteiger partial charge in [-0.25, -0.2) is 9.48 Å². The monoisotopic (exact) mass is 571 g/mol. The first kappa shape index (κ1) is 22.3. The zero-order chi connectivity index (χ0) is 21.5. The van der Waals surface area contributed by atoms with E-state index in [9.17, 15) is 18.0 Å². The molecule has 0 unspecified atom stereocenters. The summed E-state index contributed by atoms with van der Waals surface area (Å²) in [5, 5.41) is 4.49. The second-order valence-electron chi connectivity index (χ2n) is 5.72. The average molecular weight is 574 g/mol. The van der Waals surface area contributed by atoms with Crippen LogP contribution in [0.15, 0.2) is 44.6 Å². The number of rotatable bonds is 4. The van der Waals surface area contributed by atoms with E-state index in [1.54, 1.807) is 24.4 Å². The third-order valence-electron chi connectivity index (χ3n) is 3.92. The Bertz CT molecular complexity index is 1100. The molecule has 3 aromatic rings. The minimum atomic E-state index is -4.44. The van der Waals surface area contributed by atoms with Gasteiger partial charge in [-0.05, 0) is 49.6 Å². The van der Waals surface area contributed by atoms with Gasteiger partial charge in [0.25, 0.3) is 0 Å². The van der Waals surface area contributed by atoms with Crippen LogP contribution in [0.3, 0.4) is 0 Å². The van der Waals surface area contributed by atoms with Crippen LogP contribution in [0.5, 0.6) is 0 Å². The van der Waals surface area contributed by atoms with Crippen molar-refractivity contribution in [3.05, 3.63) is 50.1 Å². The summed E-state index contributed by atoms with van der Waals surface area (Å²) in [6.07, 6.45) is 3.17. The highest BCUT2D eigenvalue weighted by molar-refractivity contribution is 9.13. The van der Waals surface area contributed by atoms with Crippen molar-refractivity contribution >= 4 is 61.2 Å². The number of hydrogen-bond donors (Lipinski definition) is 0. The maximum absolute atomic E-state index is 12.9. The van der Waals surface area contributed by atoms with Crippen LogP contribution in [0.25, 0.3) is 16.9 Å². The summed E-state index contributed by atoms with van der Waals surface area (Å²) >= 11 is 12.3. The minimum absolute atomic E-state index is 0.0177. The molecule has 1 aromatic carbocycles. The van der Waals surface area contributed by atoms with Crippen molar-refractivity contribution in [2.24, 2.45) is 7.05 Å². The molecule has 0 aliphatic rings. The molecule has 0 spiro atoms. The van der Waals surface area contributed by atoms with Crippen LogP contribution >= 0.6 is 55.2 Å². The Kier molecular flexibility index (Phi) is 6.42. The van der Waals surface area contributed by atoms with Crippen molar-refractivity contribution < 1.29 is 22.7 Å². The Morgan fingerprint density at radius 3 is 2.55 bits per heavy atom. The molecule has 29 heavy (non-hydrogen) atoms. The number of methoxy groups -OCH3 is 1. The molecule has 0 fully saturated rings. The molecule has 154 valence electrons. The zero-order valence-electron chi connectivity index (χ0n) is 14.7. The quantitative estimate of drug-likeness (QED) is 0.266. The molecule has 0 saturated carbocycles. The number of halogens is 6. The van der Waals surface area contributed by atoms with Crippen molar-refractivity contribution in [3.8, 4) is 16.9 Å². The maximum atomic E-state index is 12.9. The molecule has 3 rings (SSSR count). The van der Waals surface area contributed by atoms with Crippen molar-refractivity contribution in [2.45, 2.75) is 10.5 Å². The zero-order valence-corrected chi connectivity index (χ0v) is 19.5. The molecule has 5 nitrogen and oxygen atoms in total. The molecular weight excluding hydrogens is 563 g/mol. The number of esters is 1. The Morgan fingerprint density at radius 2 is 1.93 bits per heavy atom. The molecule has 0 N–H and O–H groups in total.